The third-order valence-electron chi connectivity index (χ3n) is 4.30. The van der Waals surface area contributed by atoms with Crippen LogP contribution >= 0.6 is 15.9 Å². The number of amides is 1. The van der Waals surface area contributed by atoms with Crippen LogP contribution in [0, 0.1) is 15.9 Å². The Morgan fingerprint density at radius 3 is 2.41 bits per heavy atom. The van der Waals surface area contributed by atoms with Gasteiger partial charge in [-0.2, -0.15) is 0 Å². The zero-order valence-electron chi connectivity index (χ0n) is 14.3. The molecule has 9 heteroatoms. The van der Waals surface area contributed by atoms with Crippen molar-refractivity contribution in [1.29, 1.82) is 0 Å². The van der Waals surface area contributed by atoms with Gasteiger partial charge in [0, 0.05) is 48.5 Å². The van der Waals surface area contributed by atoms with E-state index in [1.165, 1.54) is 24.3 Å². The van der Waals surface area contributed by atoms with Gasteiger partial charge >= 0.3 is 0 Å². The van der Waals surface area contributed by atoms with Gasteiger partial charge < -0.3 is 14.5 Å². The molecule has 0 aliphatic carbocycles. The van der Waals surface area contributed by atoms with E-state index in [1.54, 1.807) is 23.1 Å². The largest absolute Gasteiger partial charge is 0.481 e. The fraction of sp³-hybridized carbons (Fsp3) is 0.278. The molecule has 1 fully saturated rings. The Balaban J connectivity index is 1.51. The molecule has 0 atom stereocenters. The zero-order chi connectivity index (χ0) is 19.4. The molecule has 3 rings (SSSR count). The Kier molecular flexibility index (Phi) is 5.90. The van der Waals surface area contributed by atoms with Crippen molar-refractivity contribution in [3.63, 3.8) is 0 Å². The van der Waals surface area contributed by atoms with Crippen molar-refractivity contribution in [2.75, 3.05) is 37.7 Å². The fourth-order valence-electron chi connectivity index (χ4n) is 2.82. The summed E-state index contributed by atoms with van der Waals surface area (Å²) in [6.07, 6.45) is 0. The fourth-order valence-corrected chi connectivity index (χ4v) is 3.16. The van der Waals surface area contributed by atoms with Gasteiger partial charge in [-0.3, -0.25) is 14.9 Å². The number of nitrogens with zero attached hydrogens (tertiary/aromatic N) is 3. The Morgan fingerprint density at radius 1 is 1.15 bits per heavy atom. The molecular formula is C18H17BrFN3O4. The number of rotatable bonds is 5. The first-order valence-corrected chi connectivity index (χ1v) is 9.08. The van der Waals surface area contributed by atoms with Crippen LogP contribution in [0.15, 0.2) is 46.9 Å². The van der Waals surface area contributed by atoms with Gasteiger partial charge in [-0.15, -0.1) is 0 Å². The van der Waals surface area contributed by atoms with Crippen molar-refractivity contribution in [2.24, 2.45) is 0 Å². The van der Waals surface area contributed by atoms with E-state index in [1.807, 2.05) is 0 Å². The lowest BCUT2D eigenvalue weighted by atomic mass is 10.2. The van der Waals surface area contributed by atoms with Crippen LogP contribution in [0.1, 0.15) is 0 Å². The molecule has 0 bridgehead atoms. The molecule has 0 N–H and O–H groups in total. The van der Waals surface area contributed by atoms with Gasteiger partial charge in [0.2, 0.25) is 0 Å². The summed E-state index contributed by atoms with van der Waals surface area (Å²) < 4.78 is 19.6. The van der Waals surface area contributed by atoms with Gasteiger partial charge in [0.25, 0.3) is 11.6 Å². The first kappa shape index (κ1) is 19.1. The Morgan fingerprint density at radius 2 is 1.81 bits per heavy atom. The minimum Gasteiger partial charge on any atom is -0.481 e. The van der Waals surface area contributed by atoms with Crippen molar-refractivity contribution in [2.45, 2.75) is 0 Å². The van der Waals surface area contributed by atoms with E-state index < -0.39 is 10.7 Å². The van der Waals surface area contributed by atoms with E-state index in [2.05, 4.69) is 20.8 Å². The maximum atomic E-state index is 13.7. The lowest BCUT2D eigenvalue weighted by Gasteiger charge is -2.36. The summed E-state index contributed by atoms with van der Waals surface area (Å²) in [7, 11) is 0. The van der Waals surface area contributed by atoms with Crippen molar-refractivity contribution >= 4 is 33.2 Å². The van der Waals surface area contributed by atoms with E-state index >= 15 is 0 Å². The van der Waals surface area contributed by atoms with Crippen molar-refractivity contribution in [3.8, 4) is 5.75 Å². The quantitative estimate of drug-likeness (QED) is 0.530. The molecule has 27 heavy (non-hydrogen) atoms. The van der Waals surface area contributed by atoms with E-state index in [0.29, 0.717) is 30.7 Å². The van der Waals surface area contributed by atoms with Gasteiger partial charge in [-0.25, -0.2) is 4.39 Å². The van der Waals surface area contributed by atoms with Crippen molar-refractivity contribution in [1.82, 2.24) is 4.90 Å². The van der Waals surface area contributed by atoms with Crippen LogP contribution in [0.25, 0.3) is 0 Å². The molecule has 0 spiro atoms. The highest BCUT2D eigenvalue weighted by Gasteiger charge is 2.22. The zero-order valence-corrected chi connectivity index (χ0v) is 15.9. The second-order valence-electron chi connectivity index (χ2n) is 6.00. The molecule has 0 radical (unpaired) electrons. The maximum absolute atomic E-state index is 13.7. The number of carbonyl (C=O) groups is 1. The Labute approximate surface area is 163 Å². The van der Waals surface area contributed by atoms with Gasteiger partial charge in [-0.1, -0.05) is 15.9 Å². The number of halogens is 2. The van der Waals surface area contributed by atoms with Crippen LogP contribution in [0.3, 0.4) is 0 Å². The van der Waals surface area contributed by atoms with Crippen LogP contribution in [0.2, 0.25) is 0 Å². The molecule has 7 nitrogen and oxygen atoms in total. The molecule has 2 aromatic carbocycles. The smallest absolute Gasteiger partial charge is 0.269 e. The molecule has 1 aliphatic rings. The van der Waals surface area contributed by atoms with E-state index in [0.717, 1.165) is 5.69 Å². The summed E-state index contributed by atoms with van der Waals surface area (Å²) in [5.41, 5.74) is 0.922. The summed E-state index contributed by atoms with van der Waals surface area (Å²) in [5.74, 6) is -0.697. The van der Waals surface area contributed by atoms with Crippen LogP contribution in [0.4, 0.5) is 15.8 Å². The van der Waals surface area contributed by atoms with Gasteiger partial charge in [0.15, 0.2) is 18.2 Å². The highest BCUT2D eigenvalue weighted by molar-refractivity contribution is 9.10. The second kappa shape index (κ2) is 8.34. The standard InChI is InChI=1S/C18H17BrFN3O4/c19-13-1-6-17(16(20)11-13)27-12-18(24)22-9-7-21(8-10-22)14-2-4-15(5-3-14)23(25)26/h1-6,11H,7-10,12H2. The van der Waals surface area contributed by atoms with E-state index in [4.69, 9.17) is 4.74 Å². The number of non-ortho nitro benzene ring substituents is 1. The minimum atomic E-state index is -0.528. The number of nitro groups is 1. The first-order chi connectivity index (χ1) is 12.9. The molecular weight excluding hydrogens is 421 g/mol. The summed E-state index contributed by atoms with van der Waals surface area (Å²) in [4.78, 5) is 26.3. The number of benzene rings is 2. The third-order valence-corrected chi connectivity index (χ3v) is 4.80. The third kappa shape index (κ3) is 4.73. The molecule has 0 aromatic heterocycles. The van der Waals surface area contributed by atoms with Gasteiger partial charge in [-0.05, 0) is 30.3 Å². The highest BCUT2D eigenvalue weighted by atomic mass is 79.9. The average Bonchev–Trinajstić information content (AvgIpc) is 2.67. The molecule has 142 valence electrons. The molecule has 1 amide bonds. The highest BCUT2D eigenvalue weighted by Crippen LogP contribution is 2.22. The summed E-state index contributed by atoms with van der Waals surface area (Å²) in [6, 6.07) is 10.7. The van der Waals surface area contributed by atoms with Crippen LogP contribution in [-0.2, 0) is 4.79 Å². The normalized spacial score (nSPS) is 14.1. The number of ether oxygens (including phenoxy) is 1. The SMILES string of the molecule is O=C(COc1ccc(Br)cc1F)N1CCN(c2ccc([N+](=O)[O-])cc2)CC1. The van der Waals surface area contributed by atoms with Gasteiger partial charge in [0.05, 0.1) is 4.92 Å². The molecule has 0 unspecified atom stereocenters. The van der Waals surface area contributed by atoms with Crippen LogP contribution < -0.4 is 9.64 Å². The number of hydrogen-bond acceptors (Lipinski definition) is 5. The van der Waals surface area contributed by atoms with Gasteiger partial charge in [0.1, 0.15) is 0 Å². The first-order valence-electron chi connectivity index (χ1n) is 8.29. The predicted molar refractivity (Wildman–Crippen MR) is 101 cm³/mol. The lowest BCUT2D eigenvalue weighted by Crippen LogP contribution is -2.50. The second-order valence-corrected chi connectivity index (χ2v) is 6.92. The number of carbonyl (C=O) groups excluding carboxylic acids is 1. The average molecular weight is 438 g/mol. The maximum Gasteiger partial charge on any atom is 0.269 e. The topological polar surface area (TPSA) is 75.9 Å². The summed E-state index contributed by atoms with van der Waals surface area (Å²) >= 11 is 3.17. The number of nitro benzene ring substituents is 1. The molecule has 1 heterocycles. The Hall–Kier alpha value is -2.68. The monoisotopic (exact) mass is 437 g/mol. The lowest BCUT2D eigenvalue weighted by molar-refractivity contribution is -0.384. The number of anilines is 1. The van der Waals surface area contributed by atoms with Crippen molar-refractivity contribution < 1.29 is 18.8 Å². The molecule has 0 saturated carbocycles. The summed E-state index contributed by atoms with van der Waals surface area (Å²) in [5, 5.41) is 10.7. The molecule has 2 aromatic rings. The molecule has 1 aliphatic heterocycles. The molecule has 1 saturated heterocycles. The Bertz CT molecular complexity index is 839. The summed E-state index contributed by atoms with van der Waals surface area (Å²) in [6.45, 7) is 1.99. The van der Waals surface area contributed by atoms with E-state index in [9.17, 15) is 19.3 Å². The predicted octanol–water partition coefficient (Wildman–Crippen LogP) is 3.22. The number of piperazine rings is 1. The van der Waals surface area contributed by atoms with E-state index in [-0.39, 0.29) is 24.0 Å². The number of hydrogen-bond donors (Lipinski definition) is 0. The minimum absolute atomic E-state index is 0.0380. The van der Waals surface area contributed by atoms with Crippen LogP contribution in [0.5, 0.6) is 5.75 Å². The van der Waals surface area contributed by atoms with Crippen LogP contribution in [-0.4, -0.2) is 48.5 Å². The van der Waals surface area contributed by atoms with Crippen molar-refractivity contribution in [3.05, 3.63) is 62.9 Å².